The zero-order valence-corrected chi connectivity index (χ0v) is 12.5. The fraction of sp³-hybridized carbons (Fsp3) is 0.867. The van der Waals surface area contributed by atoms with Crippen molar-refractivity contribution in [3.05, 3.63) is 0 Å². The molecular weight excluding hydrogens is 256 g/mol. The number of carbonyl (C=O) groups is 2. The quantitative estimate of drug-likeness (QED) is 0.819. The lowest BCUT2D eigenvalue weighted by Crippen LogP contribution is -2.47. The summed E-state index contributed by atoms with van der Waals surface area (Å²) in [4.78, 5) is 25.5. The second kappa shape index (κ2) is 6.57. The standard InChI is InChI=1S/C15H26N2O3/c1-10(2)17-7-5-13(6-8-17)16-14(18)11-3-4-12(9-11)15(19)20/h10-13H,3-9H2,1-2H3,(H,16,18)(H,19,20)/t11-,12+/m1/s1. The van der Waals surface area contributed by atoms with Crippen LogP contribution in [0.4, 0.5) is 0 Å². The fourth-order valence-electron chi connectivity index (χ4n) is 3.32. The number of carbonyl (C=O) groups excluding carboxylic acids is 1. The zero-order chi connectivity index (χ0) is 14.7. The molecule has 0 radical (unpaired) electrons. The number of aliphatic carboxylic acids is 1. The molecule has 0 bridgehead atoms. The summed E-state index contributed by atoms with van der Waals surface area (Å²) in [5.74, 6) is -1.12. The lowest BCUT2D eigenvalue weighted by molar-refractivity contribution is -0.141. The topological polar surface area (TPSA) is 69.6 Å². The highest BCUT2D eigenvalue weighted by atomic mass is 16.4. The molecule has 1 aliphatic carbocycles. The SMILES string of the molecule is CC(C)N1CCC(NC(=O)[C@@H]2CC[C@H](C(=O)O)C2)CC1. The molecule has 0 spiro atoms. The molecule has 5 heteroatoms. The van der Waals surface area contributed by atoms with E-state index in [4.69, 9.17) is 5.11 Å². The number of hydrogen-bond donors (Lipinski definition) is 2. The number of carboxylic acids is 1. The second-order valence-corrected chi connectivity index (χ2v) is 6.46. The van der Waals surface area contributed by atoms with Crippen molar-refractivity contribution < 1.29 is 14.7 Å². The predicted octanol–water partition coefficient (Wildman–Crippen LogP) is 1.48. The molecule has 1 amide bonds. The molecule has 114 valence electrons. The van der Waals surface area contributed by atoms with Crippen LogP contribution >= 0.6 is 0 Å². The van der Waals surface area contributed by atoms with Crippen molar-refractivity contribution in [1.82, 2.24) is 10.2 Å². The van der Waals surface area contributed by atoms with Gasteiger partial charge in [-0.05, 0) is 46.0 Å². The van der Waals surface area contributed by atoms with Crippen LogP contribution < -0.4 is 5.32 Å². The number of nitrogens with zero attached hydrogens (tertiary/aromatic N) is 1. The van der Waals surface area contributed by atoms with Crippen molar-refractivity contribution in [2.75, 3.05) is 13.1 Å². The minimum absolute atomic E-state index is 0.0664. The number of amides is 1. The lowest BCUT2D eigenvalue weighted by Gasteiger charge is -2.35. The molecule has 5 nitrogen and oxygen atoms in total. The molecule has 2 rings (SSSR count). The maximum Gasteiger partial charge on any atom is 0.306 e. The number of nitrogens with one attached hydrogen (secondary N) is 1. The van der Waals surface area contributed by atoms with E-state index in [0.717, 1.165) is 25.9 Å². The Labute approximate surface area is 120 Å². The fourth-order valence-corrected chi connectivity index (χ4v) is 3.32. The van der Waals surface area contributed by atoms with Crippen LogP contribution in [-0.4, -0.2) is 47.1 Å². The Morgan fingerprint density at radius 3 is 2.20 bits per heavy atom. The van der Waals surface area contributed by atoms with Gasteiger partial charge in [0.15, 0.2) is 0 Å². The van der Waals surface area contributed by atoms with E-state index in [0.29, 0.717) is 25.3 Å². The molecule has 2 atom stereocenters. The van der Waals surface area contributed by atoms with Crippen LogP contribution in [0.5, 0.6) is 0 Å². The highest BCUT2D eigenvalue weighted by molar-refractivity contribution is 5.81. The minimum Gasteiger partial charge on any atom is -0.481 e. The van der Waals surface area contributed by atoms with Gasteiger partial charge in [0.25, 0.3) is 0 Å². The molecule has 20 heavy (non-hydrogen) atoms. The number of likely N-dealkylation sites (tertiary alicyclic amines) is 1. The molecular formula is C15H26N2O3. The summed E-state index contributed by atoms with van der Waals surface area (Å²) < 4.78 is 0. The van der Waals surface area contributed by atoms with Crippen LogP contribution in [0.1, 0.15) is 46.0 Å². The Morgan fingerprint density at radius 2 is 1.70 bits per heavy atom. The minimum atomic E-state index is -0.759. The van der Waals surface area contributed by atoms with Crippen molar-refractivity contribution in [1.29, 1.82) is 0 Å². The zero-order valence-electron chi connectivity index (χ0n) is 12.5. The molecule has 2 aliphatic rings. The van der Waals surface area contributed by atoms with E-state index in [9.17, 15) is 9.59 Å². The summed E-state index contributed by atoms with van der Waals surface area (Å²) in [6.45, 7) is 6.46. The first kappa shape index (κ1) is 15.3. The molecule has 1 heterocycles. The van der Waals surface area contributed by atoms with Crippen LogP contribution in [0.15, 0.2) is 0 Å². The normalized spacial score (nSPS) is 28.8. The van der Waals surface area contributed by atoms with Crippen LogP contribution in [0, 0.1) is 11.8 Å². The van der Waals surface area contributed by atoms with Crippen LogP contribution in [-0.2, 0) is 9.59 Å². The molecule has 0 aromatic carbocycles. The Bertz CT molecular complexity index is 362. The number of hydrogen-bond acceptors (Lipinski definition) is 3. The third-order valence-electron chi connectivity index (χ3n) is 4.76. The van der Waals surface area contributed by atoms with Gasteiger partial charge < -0.3 is 15.3 Å². The third kappa shape index (κ3) is 3.72. The van der Waals surface area contributed by atoms with E-state index < -0.39 is 5.97 Å². The summed E-state index contributed by atoms with van der Waals surface area (Å²) in [5.41, 5.74) is 0. The van der Waals surface area contributed by atoms with Gasteiger partial charge in [-0.15, -0.1) is 0 Å². The van der Waals surface area contributed by atoms with Gasteiger partial charge in [0.05, 0.1) is 5.92 Å². The van der Waals surface area contributed by atoms with E-state index in [1.807, 2.05) is 0 Å². The summed E-state index contributed by atoms with van der Waals surface area (Å²) >= 11 is 0. The number of piperidine rings is 1. The first-order chi connectivity index (χ1) is 9.47. The van der Waals surface area contributed by atoms with Crippen molar-refractivity contribution in [3.8, 4) is 0 Å². The average molecular weight is 282 g/mol. The van der Waals surface area contributed by atoms with Crippen molar-refractivity contribution in [2.24, 2.45) is 11.8 Å². The van der Waals surface area contributed by atoms with Crippen molar-refractivity contribution in [3.63, 3.8) is 0 Å². The molecule has 1 saturated carbocycles. The summed E-state index contributed by atoms with van der Waals surface area (Å²) in [7, 11) is 0. The molecule has 2 N–H and O–H groups in total. The third-order valence-corrected chi connectivity index (χ3v) is 4.76. The Hall–Kier alpha value is -1.10. The van der Waals surface area contributed by atoms with Gasteiger partial charge in [0, 0.05) is 31.1 Å². The maximum atomic E-state index is 12.2. The number of rotatable bonds is 4. The highest BCUT2D eigenvalue weighted by Gasteiger charge is 2.34. The van der Waals surface area contributed by atoms with E-state index in [1.54, 1.807) is 0 Å². The average Bonchev–Trinajstić information content (AvgIpc) is 2.89. The number of carboxylic acid groups (broad SMARTS) is 1. The predicted molar refractivity (Wildman–Crippen MR) is 76.3 cm³/mol. The van der Waals surface area contributed by atoms with Gasteiger partial charge in [-0.2, -0.15) is 0 Å². The van der Waals surface area contributed by atoms with Crippen molar-refractivity contribution >= 4 is 11.9 Å². The van der Waals surface area contributed by atoms with Gasteiger partial charge in [0.2, 0.25) is 5.91 Å². The van der Waals surface area contributed by atoms with Gasteiger partial charge in [0.1, 0.15) is 0 Å². The van der Waals surface area contributed by atoms with E-state index in [-0.39, 0.29) is 23.8 Å². The van der Waals surface area contributed by atoms with Crippen LogP contribution in [0.25, 0.3) is 0 Å². The smallest absolute Gasteiger partial charge is 0.306 e. The molecule has 2 fully saturated rings. The van der Waals surface area contributed by atoms with Gasteiger partial charge in [-0.1, -0.05) is 0 Å². The second-order valence-electron chi connectivity index (χ2n) is 6.46. The first-order valence-corrected chi connectivity index (χ1v) is 7.74. The maximum absolute atomic E-state index is 12.2. The molecule has 0 unspecified atom stereocenters. The summed E-state index contributed by atoms with van der Waals surface area (Å²) in [5, 5.41) is 12.1. The Balaban J connectivity index is 1.75. The molecule has 0 aromatic rings. The Morgan fingerprint density at radius 1 is 1.10 bits per heavy atom. The highest BCUT2D eigenvalue weighted by Crippen LogP contribution is 2.31. The molecule has 0 aromatic heterocycles. The van der Waals surface area contributed by atoms with E-state index >= 15 is 0 Å². The lowest BCUT2D eigenvalue weighted by atomic mass is 10.0. The Kier molecular flexibility index (Phi) is 5.02. The monoisotopic (exact) mass is 282 g/mol. The molecule has 1 aliphatic heterocycles. The van der Waals surface area contributed by atoms with Crippen molar-refractivity contribution in [2.45, 2.75) is 58.0 Å². The van der Waals surface area contributed by atoms with Gasteiger partial charge >= 0.3 is 5.97 Å². The van der Waals surface area contributed by atoms with Gasteiger partial charge in [-0.25, -0.2) is 0 Å². The first-order valence-electron chi connectivity index (χ1n) is 7.74. The van der Waals surface area contributed by atoms with Crippen LogP contribution in [0.3, 0.4) is 0 Å². The van der Waals surface area contributed by atoms with E-state index in [2.05, 4.69) is 24.1 Å². The largest absolute Gasteiger partial charge is 0.481 e. The summed E-state index contributed by atoms with van der Waals surface area (Å²) in [6, 6.07) is 0.833. The van der Waals surface area contributed by atoms with E-state index in [1.165, 1.54) is 0 Å². The summed E-state index contributed by atoms with van der Waals surface area (Å²) in [6.07, 6.45) is 3.86. The van der Waals surface area contributed by atoms with Crippen LogP contribution in [0.2, 0.25) is 0 Å². The van der Waals surface area contributed by atoms with Gasteiger partial charge in [-0.3, -0.25) is 9.59 Å². The molecule has 1 saturated heterocycles.